The van der Waals surface area contributed by atoms with Crippen LogP contribution in [0.25, 0.3) is 0 Å². The minimum absolute atomic E-state index is 0.255. The fourth-order valence-electron chi connectivity index (χ4n) is 3.07. The highest BCUT2D eigenvalue weighted by Gasteiger charge is 2.57. The van der Waals surface area contributed by atoms with Gasteiger partial charge in [-0.2, -0.15) is 0 Å². The molecule has 2 aromatic rings. The van der Waals surface area contributed by atoms with E-state index >= 15 is 4.39 Å². The van der Waals surface area contributed by atoms with Crippen LogP contribution in [0.3, 0.4) is 0 Å². The highest BCUT2D eigenvalue weighted by atomic mass is 19.1. The van der Waals surface area contributed by atoms with Crippen molar-refractivity contribution in [3.8, 4) is 0 Å². The molecular weight excluding hydrogens is 367 g/mol. The van der Waals surface area contributed by atoms with E-state index in [1.54, 1.807) is 60.7 Å². The minimum atomic E-state index is -2.15. The summed E-state index contributed by atoms with van der Waals surface area (Å²) in [4.78, 5) is 24.5. The van der Waals surface area contributed by atoms with Gasteiger partial charge < -0.3 is 19.3 Å². The first kappa shape index (κ1) is 20.0. The Bertz CT molecular complexity index is 808. The molecule has 1 saturated heterocycles. The summed E-state index contributed by atoms with van der Waals surface area (Å²) < 4.78 is 31.3. The number of hydrogen-bond donors (Lipinski definition) is 1. The normalized spacial score (nSPS) is 26.6. The number of alkyl halides is 1. The summed E-state index contributed by atoms with van der Waals surface area (Å²) >= 11 is 0. The summed E-state index contributed by atoms with van der Waals surface area (Å²) in [5.41, 5.74) is -1.56. The average molecular weight is 388 g/mol. The maximum absolute atomic E-state index is 15.2. The van der Waals surface area contributed by atoms with Crippen molar-refractivity contribution in [3.63, 3.8) is 0 Å². The summed E-state index contributed by atoms with van der Waals surface area (Å²) in [7, 11) is 0. The quantitative estimate of drug-likeness (QED) is 0.766. The van der Waals surface area contributed by atoms with Crippen molar-refractivity contribution in [1.82, 2.24) is 0 Å². The summed E-state index contributed by atoms with van der Waals surface area (Å²) in [6, 6.07) is 16.4. The van der Waals surface area contributed by atoms with E-state index in [1.807, 2.05) is 0 Å². The van der Waals surface area contributed by atoms with Crippen LogP contribution in [0, 0.1) is 0 Å². The number of aliphatic hydroxyl groups excluding tert-OH is 1. The Balaban J connectivity index is 1.72. The number of carbonyl (C=O) groups is 2. The molecule has 148 valence electrons. The Morgan fingerprint density at radius 3 is 2.11 bits per heavy atom. The zero-order valence-electron chi connectivity index (χ0n) is 15.3. The SMILES string of the molecule is C[C@]1(F)C(CO)O[C@H](COC(=O)c2ccccc2)[C@H]1OC(=O)c1ccccc1. The van der Waals surface area contributed by atoms with Crippen LogP contribution >= 0.6 is 0 Å². The fraction of sp³-hybridized carbons (Fsp3) is 0.333. The molecule has 7 heteroatoms. The molecule has 1 aliphatic rings. The van der Waals surface area contributed by atoms with E-state index in [4.69, 9.17) is 14.2 Å². The predicted molar refractivity (Wildman–Crippen MR) is 97.6 cm³/mol. The first-order valence-electron chi connectivity index (χ1n) is 8.87. The van der Waals surface area contributed by atoms with Gasteiger partial charge in [-0.15, -0.1) is 0 Å². The molecule has 0 saturated carbocycles. The van der Waals surface area contributed by atoms with Gasteiger partial charge in [-0.1, -0.05) is 36.4 Å². The average Bonchev–Trinajstić information content (AvgIpc) is 2.96. The lowest BCUT2D eigenvalue weighted by Crippen LogP contribution is -2.46. The summed E-state index contributed by atoms with van der Waals surface area (Å²) in [5.74, 6) is -1.33. The van der Waals surface area contributed by atoms with Crippen molar-refractivity contribution >= 4 is 11.9 Å². The van der Waals surface area contributed by atoms with Gasteiger partial charge in [0.15, 0.2) is 11.8 Å². The fourth-order valence-corrected chi connectivity index (χ4v) is 3.07. The van der Waals surface area contributed by atoms with Crippen molar-refractivity contribution in [1.29, 1.82) is 0 Å². The topological polar surface area (TPSA) is 82.1 Å². The molecule has 3 rings (SSSR count). The molecule has 1 N–H and O–H groups in total. The standard InChI is InChI=1S/C21H21FO6/c1-21(22)17(12-23)27-16(13-26-19(24)14-8-4-2-5-9-14)18(21)28-20(25)15-10-6-3-7-11-15/h2-11,16-18,23H,12-13H2,1H3/t16-,17?,18-,21+/m1/s1. The third kappa shape index (κ3) is 4.21. The van der Waals surface area contributed by atoms with Gasteiger partial charge in [0, 0.05) is 0 Å². The predicted octanol–water partition coefficient (Wildman–Crippen LogP) is 2.56. The number of hydrogen-bond acceptors (Lipinski definition) is 6. The summed E-state index contributed by atoms with van der Waals surface area (Å²) in [6.45, 7) is 0.266. The number of ether oxygens (including phenoxy) is 3. The highest BCUT2D eigenvalue weighted by molar-refractivity contribution is 5.90. The molecule has 0 aliphatic carbocycles. The lowest BCUT2D eigenvalue weighted by Gasteiger charge is -2.26. The van der Waals surface area contributed by atoms with Gasteiger partial charge in [0.05, 0.1) is 17.7 Å². The number of aliphatic hydroxyl groups is 1. The molecule has 0 bridgehead atoms. The third-order valence-electron chi connectivity index (χ3n) is 4.66. The smallest absolute Gasteiger partial charge is 0.338 e. The van der Waals surface area contributed by atoms with Gasteiger partial charge >= 0.3 is 11.9 Å². The van der Waals surface area contributed by atoms with Crippen molar-refractivity contribution in [2.45, 2.75) is 30.9 Å². The van der Waals surface area contributed by atoms with Crippen LogP contribution in [0.1, 0.15) is 27.6 Å². The monoisotopic (exact) mass is 388 g/mol. The number of halogens is 1. The summed E-state index contributed by atoms with van der Waals surface area (Å²) in [6.07, 6.45) is -3.60. The first-order valence-corrected chi connectivity index (χ1v) is 8.87. The van der Waals surface area contributed by atoms with Crippen molar-refractivity contribution < 1.29 is 33.3 Å². The molecule has 1 unspecified atom stereocenters. The lowest BCUT2D eigenvalue weighted by atomic mass is 9.95. The van der Waals surface area contributed by atoms with Gasteiger partial charge in [0.2, 0.25) is 0 Å². The molecule has 1 heterocycles. The molecule has 28 heavy (non-hydrogen) atoms. The Kier molecular flexibility index (Phi) is 6.06. The van der Waals surface area contributed by atoms with Crippen LogP contribution < -0.4 is 0 Å². The van der Waals surface area contributed by atoms with Gasteiger partial charge in [-0.05, 0) is 31.2 Å². The second kappa shape index (κ2) is 8.50. The number of rotatable bonds is 6. The second-order valence-corrected chi connectivity index (χ2v) is 6.65. The zero-order chi connectivity index (χ0) is 20.1. The van der Waals surface area contributed by atoms with Crippen molar-refractivity contribution in [2.75, 3.05) is 13.2 Å². The van der Waals surface area contributed by atoms with E-state index in [9.17, 15) is 14.7 Å². The molecule has 2 aromatic carbocycles. The zero-order valence-corrected chi connectivity index (χ0v) is 15.3. The first-order chi connectivity index (χ1) is 13.4. The van der Waals surface area contributed by atoms with Gasteiger partial charge in [0.1, 0.15) is 18.8 Å². The van der Waals surface area contributed by atoms with Crippen LogP contribution in [0.2, 0.25) is 0 Å². The maximum atomic E-state index is 15.2. The molecule has 0 spiro atoms. The van der Waals surface area contributed by atoms with E-state index < -0.39 is 42.5 Å². The summed E-state index contributed by atoms with van der Waals surface area (Å²) in [5, 5.41) is 9.43. The van der Waals surface area contributed by atoms with Gasteiger partial charge in [-0.3, -0.25) is 0 Å². The van der Waals surface area contributed by atoms with E-state index in [1.165, 1.54) is 6.92 Å². The Labute approximate surface area is 161 Å². The second-order valence-electron chi connectivity index (χ2n) is 6.65. The van der Waals surface area contributed by atoms with Crippen LogP contribution in [0.4, 0.5) is 4.39 Å². The van der Waals surface area contributed by atoms with Crippen LogP contribution in [0.15, 0.2) is 60.7 Å². The van der Waals surface area contributed by atoms with Crippen molar-refractivity contribution in [2.24, 2.45) is 0 Å². The molecule has 0 amide bonds. The lowest BCUT2D eigenvalue weighted by molar-refractivity contribution is -0.0507. The molecular formula is C21H21FO6. The largest absolute Gasteiger partial charge is 0.459 e. The molecule has 6 nitrogen and oxygen atoms in total. The van der Waals surface area contributed by atoms with Gasteiger partial charge in [0.25, 0.3) is 0 Å². The maximum Gasteiger partial charge on any atom is 0.338 e. The molecule has 0 aromatic heterocycles. The van der Waals surface area contributed by atoms with Crippen molar-refractivity contribution in [3.05, 3.63) is 71.8 Å². The van der Waals surface area contributed by atoms with E-state index in [2.05, 4.69) is 0 Å². The highest BCUT2D eigenvalue weighted by Crippen LogP contribution is 2.37. The minimum Gasteiger partial charge on any atom is -0.459 e. The number of benzene rings is 2. The molecule has 4 atom stereocenters. The van der Waals surface area contributed by atoms with E-state index in [0.29, 0.717) is 5.56 Å². The van der Waals surface area contributed by atoms with E-state index in [0.717, 1.165) is 0 Å². The number of carbonyl (C=O) groups excluding carboxylic acids is 2. The Morgan fingerprint density at radius 1 is 1.04 bits per heavy atom. The molecule has 1 fully saturated rings. The molecule has 1 aliphatic heterocycles. The Morgan fingerprint density at radius 2 is 1.57 bits per heavy atom. The Hall–Kier alpha value is -2.77. The van der Waals surface area contributed by atoms with Gasteiger partial charge in [-0.25, -0.2) is 14.0 Å². The third-order valence-corrected chi connectivity index (χ3v) is 4.66. The van der Waals surface area contributed by atoms with E-state index in [-0.39, 0.29) is 12.2 Å². The molecule has 0 radical (unpaired) electrons. The number of esters is 2. The van der Waals surface area contributed by atoms with Crippen LogP contribution in [-0.2, 0) is 14.2 Å². The van der Waals surface area contributed by atoms with Crippen LogP contribution in [0.5, 0.6) is 0 Å². The van der Waals surface area contributed by atoms with Crippen LogP contribution in [-0.4, -0.2) is 54.2 Å².